The number of benzene rings is 1. The lowest BCUT2D eigenvalue weighted by molar-refractivity contribution is 0.519. The molecule has 2 nitrogen and oxygen atoms in total. The summed E-state index contributed by atoms with van der Waals surface area (Å²) in [6.07, 6.45) is 1.88. The first-order valence-electron chi connectivity index (χ1n) is 5.61. The molecule has 2 rings (SSSR count). The van der Waals surface area contributed by atoms with Gasteiger partial charge in [0.15, 0.2) is 0 Å². The third-order valence-electron chi connectivity index (χ3n) is 3.16. The number of nitrogens with two attached hydrogens (primary N) is 1. The molecule has 0 bridgehead atoms. The van der Waals surface area contributed by atoms with Gasteiger partial charge in [-0.15, -0.1) is 11.8 Å². The Hall–Kier alpha value is -0.980. The van der Waals surface area contributed by atoms with Crippen molar-refractivity contribution < 1.29 is 0 Å². The summed E-state index contributed by atoms with van der Waals surface area (Å²) in [5, 5.41) is 9.09. The van der Waals surface area contributed by atoms with E-state index in [1.165, 1.54) is 4.90 Å². The molecule has 1 fully saturated rings. The summed E-state index contributed by atoms with van der Waals surface area (Å²) in [6, 6.07) is 10.5. The molecule has 1 aliphatic rings. The molecule has 0 aliphatic heterocycles. The van der Waals surface area contributed by atoms with Crippen LogP contribution in [0.3, 0.4) is 0 Å². The minimum Gasteiger partial charge on any atom is -0.323 e. The van der Waals surface area contributed by atoms with Crippen LogP contribution in [0.1, 0.15) is 31.4 Å². The molecule has 1 aromatic rings. The molecule has 0 amide bonds. The fourth-order valence-corrected chi connectivity index (χ4v) is 2.55. The molecule has 16 heavy (non-hydrogen) atoms. The van der Waals surface area contributed by atoms with Crippen LogP contribution >= 0.6 is 11.8 Å². The van der Waals surface area contributed by atoms with E-state index in [9.17, 15) is 0 Å². The van der Waals surface area contributed by atoms with E-state index in [0.717, 1.165) is 24.2 Å². The van der Waals surface area contributed by atoms with E-state index in [1.54, 1.807) is 0 Å². The van der Waals surface area contributed by atoms with Gasteiger partial charge in [0.2, 0.25) is 0 Å². The van der Waals surface area contributed by atoms with Crippen molar-refractivity contribution in [1.82, 2.24) is 0 Å². The highest BCUT2D eigenvalue weighted by Gasteiger charge is 2.49. The van der Waals surface area contributed by atoms with Crippen molar-refractivity contribution in [2.24, 2.45) is 11.1 Å². The summed E-state index contributed by atoms with van der Waals surface area (Å²) in [6.45, 7) is 2.14. The number of hydrogen-bond donors (Lipinski definition) is 1. The monoisotopic (exact) mass is 232 g/mol. The average Bonchev–Trinajstić information content (AvgIpc) is 3.10. The summed E-state index contributed by atoms with van der Waals surface area (Å²) >= 11 is 1.82. The second kappa shape index (κ2) is 4.48. The number of nitrogens with zero attached hydrogens (tertiary/aromatic N) is 1. The third kappa shape index (κ3) is 2.09. The Balaban J connectivity index is 2.13. The van der Waals surface area contributed by atoms with Crippen LogP contribution in [-0.2, 0) is 0 Å². The van der Waals surface area contributed by atoms with Crippen LogP contribution < -0.4 is 5.73 Å². The predicted octanol–water partition coefficient (Wildman–Crippen LogP) is 3.10. The lowest BCUT2D eigenvalue weighted by Gasteiger charge is -2.16. The van der Waals surface area contributed by atoms with Crippen molar-refractivity contribution in [3.05, 3.63) is 29.8 Å². The van der Waals surface area contributed by atoms with Gasteiger partial charge in [0.1, 0.15) is 0 Å². The normalized spacial score (nSPS) is 18.8. The Morgan fingerprint density at radius 2 is 2.06 bits per heavy atom. The second-order valence-electron chi connectivity index (χ2n) is 4.25. The molecule has 0 radical (unpaired) electrons. The van der Waals surface area contributed by atoms with E-state index >= 15 is 0 Å². The first kappa shape index (κ1) is 11.5. The lowest BCUT2D eigenvalue weighted by Crippen LogP contribution is -2.21. The Morgan fingerprint density at radius 1 is 1.44 bits per heavy atom. The van der Waals surface area contributed by atoms with Crippen LogP contribution in [0.15, 0.2) is 29.2 Å². The predicted molar refractivity (Wildman–Crippen MR) is 67.0 cm³/mol. The molecule has 1 aliphatic carbocycles. The number of hydrogen-bond acceptors (Lipinski definition) is 3. The van der Waals surface area contributed by atoms with Crippen molar-refractivity contribution in [2.45, 2.75) is 30.7 Å². The Morgan fingerprint density at radius 3 is 2.50 bits per heavy atom. The van der Waals surface area contributed by atoms with Crippen LogP contribution in [0.2, 0.25) is 0 Å². The van der Waals surface area contributed by atoms with Gasteiger partial charge in [-0.05, 0) is 36.3 Å². The zero-order chi connectivity index (χ0) is 11.6. The zero-order valence-electron chi connectivity index (χ0n) is 9.44. The molecule has 1 aromatic carbocycles. The minimum absolute atomic E-state index is 0.127. The van der Waals surface area contributed by atoms with Gasteiger partial charge in [0.25, 0.3) is 0 Å². The quantitative estimate of drug-likeness (QED) is 0.811. The van der Waals surface area contributed by atoms with Crippen LogP contribution in [0.4, 0.5) is 0 Å². The van der Waals surface area contributed by atoms with Crippen molar-refractivity contribution in [3.8, 4) is 6.07 Å². The van der Waals surface area contributed by atoms with E-state index in [0.29, 0.717) is 0 Å². The van der Waals surface area contributed by atoms with E-state index < -0.39 is 0 Å². The summed E-state index contributed by atoms with van der Waals surface area (Å²) < 4.78 is 0. The SMILES string of the molecule is CCSc1ccc(C(N)C2(C#N)CC2)cc1. The molecule has 0 aromatic heterocycles. The fraction of sp³-hybridized carbons (Fsp3) is 0.462. The molecule has 0 saturated heterocycles. The molecular weight excluding hydrogens is 216 g/mol. The Labute approximate surface area is 101 Å². The third-order valence-corrected chi connectivity index (χ3v) is 4.05. The molecule has 2 N–H and O–H groups in total. The van der Waals surface area contributed by atoms with E-state index in [4.69, 9.17) is 11.0 Å². The van der Waals surface area contributed by atoms with Gasteiger partial charge in [0.05, 0.1) is 11.5 Å². The van der Waals surface area contributed by atoms with E-state index in [-0.39, 0.29) is 11.5 Å². The van der Waals surface area contributed by atoms with Crippen molar-refractivity contribution >= 4 is 11.8 Å². The van der Waals surface area contributed by atoms with Crippen LogP contribution in [0.25, 0.3) is 0 Å². The molecule has 1 saturated carbocycles. The van der Waals surface area contributed by atoms with Crippen molar-refractivity contribution in [1.29, 1.82) is 5.26 Å². The van der Waals surface area contributed by atoms with Gasteiger partial charge in [-0.1, -0.05) is 19.1 Å². The van der Waals surface area contributed by atoms with Gasteiger partial charge in [-0.25, -0.2) is 0 Å². The maximum Gasteiger partial charge on any atom is 0.0767 e. The van der Waals surface area contributed by atoms with Crippen molar-refractivity contribution in [3.63, 3.8) is 0 Å². The number of thioether (sulfide) groups is 1. The van der Waals surface area contributed by atoms with Crippen LogP contribution in [0.5, 0.6) is 0 Å². The summed E-state index contributed by atoms with van der Waals surface area (Å²) in [5.41, 5.74) is 6.95. The molecular formula is C13H16N2S. The summed E-state index contributed by atoms with van der Waals surface area (Å²) in [7, 11) is 0. The second-order valence-corrected chi connectivity index (χ2v) is 5.59. The van der Waals surface area contributed by atoms with Gasteiger partial charge >= 0.3 is 0 Å². The van der Waals surface area contributed by atoms with Crippen LogP contribution in [-0.4, -0.2) is 5.75 Å². The Bertz CT molecular complexity index is 401. The fourth-order valence-electron chi connectivity index (χ4n) is 1.88. The molecule has 0 heterocycles. The Kier molecular flexibility index (Phi) is 3.22. The largest absolute Gasteiger partial charge is 0.323 e. The number of nitriles is 1. The zero-order valence-corrected chi connectivity index (χ0v) is 10.3. The minimum atomic E-state index is -0.278. The maximum atomic E-state index is 9.09. The number of rotatable bonds is 4. The highest BCUT2D eigenvalue weighted by atomic mass is 32.2. The maximum absolute atomic E-state index is 9.09. The van der Waals surface area contributed by atoms with Gasteiger partial charge in [-0.2, -0.15) is 5.26 Å². The molecule has 1 unspecified atom stereocenters. The van der Waals surface area contributed by atoms with Gasteiger partial charge in [0, 0.05) is 10.9 Å². The highest BCUT2D eigenvalue weighted by molar-refractivity contribution is 7.99. The van der Waals surface area contributed by atoms with E-state index in [2.05, 4.69) is 37.3 Å². The van der Waals surface area contributed by atoms with Gasteiger partial charge in [-0.3, -0.25) is 0 Å². The highest BCUT2D eigenvalue weighted by Crippen LogP contribution is 2.53. The first-order chi connectivity index (χ1) is 7.72. The molecule has 3 heteroatoms. The topological polar surface area (TPSA) is 49.8 Å². The lowest BCUT2D eigenvalue weighted by atomic mass is 9.92. The van der Waals surface area contributed by atoms with Gasteiger partial charge < -0.3 is 5.73 Å². The smallest absolute Gasteiger partial charge is 0.0767 e. The van der Waals surface area contributed by atoms with Crippen LogP contribution in [0, 0.1) is 16.7 Å². The standard InChI is InChI=1S/C13H16N2S/c1-2-16-11-5-3-10(4-6-11)12(15)13(9-14)7-8-13/h3-6,12H,2,7-8,15H2,1H3. The summed E-state index contributed by atoms with van der Waals surface area (Å²) in [4.78, 5) is 1.26. The first-order valence-corrected chi connectivity index (χ1v) is 6.60. The molecule has 0 spiro atoms. The van der Waals surface area contributed by atoms with Crippen molar-refractivity contribution in [2.75, 3.05) is 5.75 Å². The van der Waals surface area contributed by atoms with E-state index in [1.807, 2.05) is 11.8 Å². The average molecular weight is 232 g/mol. The summed E-state index contributed by atoms with van der Waals surface area (Å²) in [5.74, 6) is 1.08. The molecule has 84 valence electrons. The molecule has 1 atom stereocenters.